The fourth-order valence-electron chi connectivity index (χ4n) is 1.83. The molecule has 0 saturated heterocycles. The summed E-state index contributed by atoms with van der Waals surface area (Å²) in [6.07, 6.45) is 4.16. The zero-order valence-electron chi connectivity index (χ0n) is 9.20. The average Bonchev–Trinajstić information content (AvgIpc) is 2.25. The maximum Gasteiger partial charge on any atom is 0.255 e. The molecule has 1 aliphatic rings. The molecule has 0 unspecified atom stereocenters. The molecule has 3 nitrogen and oxygen atoms in total. The van der Waals surface area contributed by atoms with E-state index in [1.807, 2.05) is 13.1 Å². The Hall–Kier alpha value is -1.16. The molecule has 0 radical (unpaired) electrons. The molecule has 0 heterocycles. The Morgan fingerprint density at radius 3 is 2.13 bits per heavy atom. The van der Waals surface area contributed by atoms with Crippen LogP contribution in [0.15, 0.2) is 18.2 Å². The molecule has 2 rings (SSSR count). The van der Waals surface area contributed by atoms with Crippen LogP contribution in [0.3, 0.4) is 0 Å². The first-order chi connectivity index (χ1) is 7.25. The van der Waals surface area contributed by atoms with Crippen LogP contribution in [0.4, 0.5) is 0 Å². The quantitative estimate of drug-likeness (QED) is 0.772. The highest BCUT2D eigenvalue weighted by molar-refractivity contribution is 5.85. The van der Waals surface area contributed by atoms with Crippen LogP contribution < -0.4 is 5.32 Å². The van der Waals surface area contributed by atoms with Crippen molar-refractivity contribution in [2.45, 2.75) is 5.91 Å². The van der Waals surface area contributed by atoms with Gasteiger partial charge in [0.1, 0.15) is 0 Å². The first-order valence-electron chi connectivity index (χ1n) is 4.87. The summed E-state index contributed by atoms with van der Waals surface area (Å²) in [6, 6.07) is 6.14. The predicted octanol–water partition coefficient (Wildman–Crippen LogP) is 1.79. The topological polar surface area (TPSA) is 30.5 Å². The average molecular weight is 205 g/mol. The van der Waals surface area contributed by atoms with E-state index in [0.29, 0.717) is 0 Å². The minimum atomic E-state index is -0.849. The Morgan fingerprint density at radius 1 is 1.07 bits per heavy atom. The second-order valence-electron chi connectivity index (χ2n) is 3.45. The molecule has 0 spiro atoms. The number of rotatable bonds is 4. The molecule has 1 N–H and O–H groups in total. The monoisotopic (exact) mass is 205 g/mol. The van der Waals surface area contributed by atoms with Gasteiger partial charge in [-0.1, -0.05) is 24.3 Å². The molecule has 0 aliphatic heterocycles. The summed E-state index contributed by atoms with van der Waals surface area (Å²) in [6.45, 7) is 0. The number of hydrogen-bond donors (Lipinski definition) is 1. The molecular formula is C12H15NO2. The summed E-state index contributed by atoms with van der Waals surface area (Å²) in [5.41, 5.74) is 3.45. The van der Waals surface area contributed by atoms with E-state index in [4.69, 9.17) is 9.47 Å². The Balaban J connectivity index is 2.39. The van der Waals surface area contributed by atoms with Crippen LogP contribution >= 0.6 is 0 Å². The van der Waals surface area contributed by atoms with Gasteiger partial charge in [0.15, 0.2) is 0 Å². The molecule has 0 bridgehead atoms. The van der Waals surface area contributed by atoms with Gasteiger partial charge in [-0.15, -0.1) is 0 Å². The SMILES string of the molecule is CNC(OC)(OC)c1ccc2c(c1)C=C2. The third kappa shape index (κ3) is 1.49. The summed E-state index contributed by atoms with van der Waals surface area (Å²) < 4.78 is 10.8. The van der Waals surface area contributed by atoms with Gasteiger partial charge in [0.25, 0.3) is 5.91 Å². The molecule has 0 saturated carbocycles. The zero-order chi connectivity index (χ0) is 10.9. The maximum absolute atomic E-state index is 5.38. The minimum absolute atomic E-state index is 0.849. The molecule has 0 aromatic heterocycles. The van der Waals surface area contributed by atoms with Crippen molar-refractivity contribution in [2.75, 3.05) is 21.3 Å². The fraction of sp³-hybridized carbons (Fsp3) is 0.333. The van der Waals surface area contributed by atoms with Crippen LogP contribution in [0.1, 0.15) is 16.7 Å². The van der Waals surface area contributed by atoms with E-state index in [0.717, 1.165) is 5.56 Å². The van der Waals surface area contributed by atoms with Crippen molar-refractivity contribution in [1.29, 1.82) is 0 Å². The lowest BCUT2D eigenvalue weighted by Gasteiger charge is -2.31. The lowest BCUT2D eigenvalue weighted by atomic mass is 9.94. The van der Waals surface area contributed by atoms with Crippen LogP contribution in [0.25, 0.3) is 12.2 Å². The van der Waals surface area contributed by atoms with Crippen molar-refractivity contribution >= 4 is 12.2 Å². The molecule has 0 fully saturated rings. The van der Waals surface area contributed by atoms with Gasteiger partial charge in [-0.05, 0) is 24.2 Å². The first kappa shape index (κ1) is 10.4. The van der Waals surface area contributed by atoms with Gasteiger partial charge in [-0.2, -0.15) is 0 Å². The van der Waals surface area contributed by atoms with E-state index in [-0.39, 0.29) is 0 Å². The third-order valence-electron chi connectivity index (χ3n) is 2.81. The van der Waals surface area contributed by atoms with Crippen LogP contribution in [-0.2, 0) is 15.4 Å². The number of nitrogens with one attached hydrogen (secondary N) is 1. The Bertz CT molecular complexity index is 386. The molecule has 1 aromatic rings. The third-order valence-corrected chi connectivity index (χ3v) is 2.81. The number of ether oxygens (including phenoxy) is 2. The number of hydrogen-bond acceptors (Lipinski definition) is 3. The van der Waals surface area contributed by atoms with E-state index in [1.165, 1.54) is 11.1 Å². The molecule has 1 aliphatic carbocycles. The van der Waals surface area contributed by atoms with Crippen molar-refractivity contribution in [3.63, 3.8) is 0 Å². The molecule has 3 heteroatoms. The van der Waals surface area contributed by atoms with Gasteiger partial charge < -0.3 is 9.47 Å². The van der Waals surface area contributed by atoms with Crippen molar-refractivity contribution < 1.29 is 9.47 Å². The second-order valence-corrected chi connectivity index (χ2v) is 3.45. The summed E-state index contributed by atoms with van der Waals surface area (Å²) in [7, 11) is 5.05. The molecule has 1 aromatic carbocycles. The van der Waals surface area contributed by atoms with Gasteiger partial charge in [-0.3, -0.25) is 5.32 Å². The van der Waals surface area contributed by atoms with Crippen LogP contribution in [0.5, 0.6) is 0 Å². The second kappa shape index (κ2) is 3.77. The van der Waals surface area contributed by atoms with E-state index >= 15 is 0 Å². The fourth-order valence-corrected chi connectivity index (χ4v) is 1.83. The highest BCUT2D eigenvalue weighted by atomic mass is 16.7. The number of benzene rings is 1. The van der Waals surface area contributed by atoms with Gasteiger partial charge in [-0.25, -0.2) is 0 Å². The first-order valence-corrected chi connectivity index (χ1v) is 4.87. The summed E-state index contributed by atoms with van der Waals surface area (Å²) >= 11 is 0. The highest BCUT2D eigenvalue weighted by Crippen LogP contribution is 2.30. The van der Waals surface area contributed by atoms with Gasteiger partial charge in [0.05, 0.1) is 0 Å². The summed E-state index contributed by atoms with van der Waals surface area (Å²) in [5.74, 6) is -0.849. The Kier molecular flexibility index (Phi) is 2.61. The molecule has 80 valence electrons. The van der Waals surface area contributed by atoms with Crippen LogP contribution in [0, 0.1) is 0 Å². The molecule has 0 atom stereocenters. The Morgan fingerprint density at radius 2 is 1.73 bits per heavy atom. The number of methoxy groups -OCH3 is 2. The Labute approximate surface area is 89.7 Å². The van der Waals surface area contributed by atoms with Crippen molar-refractivity contribution in [3.05, 3.63) is 34.9 Å². The van der Waals surface area contributed by atoms with Gasteiger partial charge in [0.2, 0.25) is 0 Å². The normalized spacial score (nSPS) is 13.5. The van der Waals surface area contributed by atoms with Crippen LogP contribution in [-0.4, -0.2) is 21.3 Å². The molecule has 0 amide bonds. The lowest BCUT2D eigenvalue weighted by molar-refractivity contribution is -0.234. The maximum atomic E-state index is 5.38. The van der Waals surface area contributed by atoms with E-state index in [2.05, 4.69) is 29.6 Å². The highest BCUT2D eigenvalue weighted by Gasteiger charge is 2.30. The number of fused-ring (bicyclic) bond motifs is 1. The lowest BCUT2D eigenvalue weighted by Crippen LogP contribution is -2.43. The van der Waals surface area contributed by atoms with Crippen molar-refractivity contribution in [3.8, 4) is 0 Å². The zero-order valence-corrected chi connectivity index (χ0v) is 9.20. The molecule has 15 heavy (non-hydrogen) atoms. The summed E-state index contributed by atoms with van der Waals surface area (Å²) in [5, 5.41) is 3.03. The van der Waals surface area contributed by atoms with Crippen molar-refractivity contribution in [1.82, 2.24) is 5.32 Å². The smallest absolute Gasteiger partial charge is 0.255 e. The van der Waals surface area contributed by atoms with Crippen molar-refractivity contribution in [2.24, 2.45) is 0 Å². The van der Waals surface area contributed by atoms with Gasteiger partial charge >= 0.3 is 0 Å². The predicted molar refractivity (Wildman–Crippen MR) is 60.1 cm³/mol. The minimum Gasteiger partial charge on any atom is -0.337 e. The summed E-state index contributed by atoms with van der Waals surface area (Å²) in [4.78, 5) is 0. The van der Waals surface area contributed by atoms with Gasteiger partial charge in [0, 0.05) is 19.8 Å². The van der Waals surface area contributed by atoms with Crippen LogP contribution in [0.2, 0.25) is 0 Å². The largest absolute Gasteiger partial charge is 0.337 e. The van der Waals surface area contributed by atoms with E-state index < -0.39 is 5.91 Å². The van der Waals surface area contributed by atoms with E-state index in [9.17, 15) is 0 Å². The standard InChI is InChI=1S/C12H15NO2/c1-13-12(14-2,15-3)11-7-6-9-4-5-10(9)8-11/h4-8,13H,1-3H3. The molecular weight excluding hydrogens is 190 g/mol. The van der Waals surface area contributed by atoms with E-state index in [1.54, 1.807) is 14.2 Å².